The van der Waals surface area contributed by atoms with Crippen molar-refractivity contribution < 1.29 is 4.79 Å². The summed E-state index contributed by atoms with van der Waals surface area (Å²) in [5.41, 5.74) is 3.16. The average molecular weight is 181 g/mol. The van der Waals surface area contributed by atoms with Gasteiger partial charge in [-0.25, -0.2) is 0 Å². The van der Waals surface area contributed by atoms with Crippen LogP contribution in [0.3, 0.4) is 0 Å². The standard InChI is InChI=1S/C10H9ClO/c11-6-7-2-1-3-9-8(7)4-5-10(9)12/h1-3H,4-6H2. The number of carbonyl (C=O) groups is 1. The van der Waals surface area contributed by atoms with Crippen LogP contribution in [0.15, 0.2) is 18.2 Å². The van der Waals surface area contributed by atoms with Crippen molar-refractivity contribution in [3.8, 4) is 0 Å². The lowest BCUT2D eigenvalue weighted by atomic mass is 10.0. The van der Waals surface area contributed by atoms with E-state index in [4.69, 9.17) is 11.6 Å². The van der Waals surface area contributed by atoms with E-state index in [1.807, 2.05) is 18.2 Å². The van der Waals surface area contributed by atoms with Crippen LogP contribution in [0.2, 0.25) is 0 Å². The molecule has 0 bridgehead atoms. The van der Waals surface area contributed by atoms with E-state index in [2.05, 4.69) is 0 Å². The minimum atomic E-state index is 0.261. The van der Waals surface area contributed by atoms with Gasteiger partial charge in [0.25, 0.3) is 0 Å². The second kappa shape index (κ2) is 2.91. The Kier molecular flexibility index (Phi) is 1.89. The molecular weight excluding hydrogens is 172 g/mol. The van der Waals surface area contributed by atoms with Gasteiger partial charge in [-0.2, -0.15) is 0 Å². The van der Waals surface area contributed by atoms with Gasteiger partial charge < -0.3 is 0 Å². The number of carbonyl (C=O) groups excluding carboxylic acids is 1. The van der Waals surface area contributed by atoms with Crippen LogP contribution < -0.4 is 0 Å². The molecule has 0 atom stereocenters. The summed E-state index contributed by atoms with van der Waals surface area (Å²) in [6.45, 7) is 0. The molecule has 62 valence electrons. The van der Waals surface area contributed by atoms with Gasteiger partial charge in [-0.05, 0) is 17.5 Å². The average Bonchev–Trinajstić information content (AvgIpc) is 2.48. The van der Waals surface area contributed by atoms with Gasteiger partial charge >= 0.3 is 0 Å². The van der Waals surface area contributed by atoms with E-state index >= 15 is 0 Å². The number of rotatable bonds is 1. The van der Waals surface area contributed by atoms with Gasteiger partial charge in [0, 0.05) is 17.9 Å². The van der Waals surface area contributed by atoms with E-state index in [-0.39, 0.29) is 5.78 Å². The van der Waals surface area contributed by atoms with Gasteiger partial charge in [0.2, 0.25) is 0 Å². The van der Waals surface area contributed by atoms with Gasteiger partial charge in [-0.15, -0.1) is 11.6 Å². The van der Waals surface area contributed by atoms with Crippen LogP contribution in [-0.2, 0) is 12.3 Å². The number of benzene rings is 1. The van der Waals surface area contributed by atoms with Crippen molar-refractivity contribution in [1.82, 2.24) is 0 Å². The Labute approximate surface area is 76.4 Å². The molecule has 0 fully saturated rings. The summed E-state index contributed by atoms with van der Waals surface area (Å²) in [6, 6.07) is 5.78. The maximum absolute atomic E-state index is 11.3. The molecule has 12 heavy (non-hydrogen) atoms. The largest absolute Gasteiger partial charge is 0.294 e. The van der Waals surface area contributed by atoms with Crippen molar-refractivity contribution in [2.24, 2.45) is 0 Å². The molecule has 0 spiro atoms. The molecule has 0 aliphatic heterocycles. The molecule has 0 saturated carbocycles. The van der Waals surface area contributed by atoms with Crippen LogP contribution in [0, 0.1) is 0 Å². The van der Waals surface area contributed by atoms with Crippen LogP contribution >= 0.6 is 11.6 Å². The molecule has 0 heterocycles. The van der Waals surface area contributed by atoms with Crippen LogP contribution in [0.1, 0.15) is 27.9 Å². The Morgan fingerprint density at radius 3 is 2.92 bits per heavy atom. The Morgan fingerprint density at radius 2 is 2.17 bits per heavy atom. The molecule has 0 amide bonds. The zero-order chi connectivity index (χ0) is 8.55. The summed E-state index contributed by atoms with van der Waals surface area (Å²) < 4.78 is 0. The van der Waals surface area contributed by atoms with Gasteiger partial charge in [0.05, 0.1) is 0 Å². The normalized spacial score (nSPS) is 14.9. The summed E-state index contributed by atoms with van der Waals surface area (Å²) >= 11 is 5.75. The first-order valence-electron chi connectivity index (χ1n) is 4.03. The highest BCUT2D eigenvalue weighted by molar-refractivity contribution is 6.17. The Balaban J connectivity index is 2.58. The van der Waals surface area contributed by atoms with Crippen molar-refractivity contribution in [3.63, 3.8) is 0 Å². The smallest absolute Gasteiger partial charge is 0.163 e. The van der Waals surface area contributed by atoms with Gasteiger partial charge in [-0.1, -0.05) is 18.2 Å². The number of Topliss-reactive ketones (excluding diaryl/α,β-unsaturated/α-hetero) is 1. The fourth-order valence-electron chi connectivity index (χ4n) is 1.69. The highest BCUT2D eigenvalue weighted by Crippen LogP contribution is 2.25. The number of alkyl halides is 1. The fraction of sp³-hybridized carbons (Fsp3) is 0.300. The summed E-state index contributed by atoms with van der Waals surface area (Å²) in [5, 5.41) is 0. The molecule has 0 N–H and O–H groups in total. The lowest BCUT2D eigenvalue weighted by molar-refractivity contribution is 0.0994. The Morgan fingerprint density at radius 1 is 1.33 bits per heavy atom. The second-order valence-corrected chi connectivity index (χ2v) is 3.27. The van der Waals surface area contributed by atoms with Crippen molar-refractivity contribution in [2.45, 2.75) is 18.7 Å². The van der Waals surface area contributed by atoms with E-state index in [0.717, 1.165) is 23.1 Å². The van der Waals surface area contributed by atoms with Gasteiger partial charge in [0.1, 0.15) is 0 Å². The molecule has 0 aromatic heterocycles. The van der Waals surface area contributed by atoms with Crippen molar-refractivity contribution in [1.29, 1.82) is 0 Å². The minimum absolute atomic E-state index is 0.261. The zero-order valence-electron chi connectivity index (χ0n) is 6.64. The highest BCUT2D eigenvalue weighted by atomic mass is 35.5. The lowest BCUT2D eigenvalue weighted by Crippen LogP contribution is -1.92. The quantitative estimate of drug-likeness (QED) is 0.607. The predicted octanol–water partition coefficient (Wildman–Crippen LogP) is 2.55. The lowest BCUT2D eigenvalue weighted by Gasteiger charge is -2.02. The minimum Gasteiger partial charge on any atom is -0.294 e. The molecule has 2 heteroatoms. The van der Waals surface area contributed by atoms with E-state index in [9.17, 15) is 4.79 Å². The van der Waals surface area contributed by atoms with E-state index in [1.165, 1.54) is 0 Å². The summed E-state index contributed by atoms with van der Waals surface area (Å²) in [4.78, 5) is 11.3. The number of hydrogen-bond acceptors (Lipinski definition) is 1. The molecule has 1 aliphatic carbocycles. The van der Waals surface area contributed by atoms with Crippen LogP contribution in [0.5, 0.6) is 0 Å². The highest BCUT2D eigenvalue weighted by Gasteiger charge is 2.20. The number of halogens is 1. The Bertz CT molecular complexity index is 331. The first kappa shape index (κ1) is 7.81. The first-order chi connectivity index (χ1) is 5.83. The molecule has 0 saturated heterocycles. The van der Waals surface area contributed by atoms with Crippen molar-refractivity contribution in [3.05, 3.63) is 34.9 Å². The Hall–Kier alpha value is -0.820. The molecule has 0 radical (unpaired) electrons. The fourth-order valence-corrected chi connectivity index (χ4v) is 1.94. The predicted molar refractivity (Wildman–Crippen MR) is 48.7 cm³/mol. The maximum atomic E-state index is 11.3. The third-order valence-electron chi connectivity index (χ3n) is 2.32. The van der Waals surface area contributed by atoms with Crippen LogP contribution in [-0.4, -0.2) is 5.78 Å². The van der Waals surface area contributed by atoms with E-state index < -0.39 is 0 Å². The first-order valence-corrected chi connectivity index (χ1v) is 4.56. The maximum Gasteiger partial charge on any atom is 0.163 e. The monoisotopic (exact) mass is 180 g/mol. The number of ketones is 1. The third kappa shape index (κ3) is 1.05. The molecular formula is C10H9ClO. The van der Waals surface area contributed by atoms with Crippen molar-refractivity contribution in [2.75, 3.05) is 0 Å². The van der Waals surface area contributed by atoms with Crippen molar-refractivity contribution >= 4 is 17.4 Å². The topological polar surface area (TPSA) is 17.1 Å². The molecule has 2 rings (SSSR count). The molecule has 1 aromatic carbocycles. The van der Waals surface area contributed by atoms with Gasteiger partial charge in [-0.3, -0.25) is 4.79 Å². The summed E-state index contributed by atoms with van der Waals surface area (Å²) in [7, 11) is 0. The molecule has 1 nitrogen and oxygen atoms in total. The second-order valence-electron chi connectivity index (χ2n) is 3.00. The van der Waals surface area contributed by atoms with Gasteiger partial charge in [0.15, 0.2) is 5.78 Å². The summed E-state index contributed by atoms with van der Waals surface area (Å²) in [5.74, 6) is 0.771. The van der Waals surface area contributed by atoms with E-state index in [0.29, 0.717) is 12.3 Å². The summed E-state index contributed by atoms with van der Waals surface area (Å²) in [6.07, 6.45) is 1.53. The molecule has 1 aliphatic rings. The molecule has 0 unspecified atom stereocenters. The van der Waals surface area contributed by atoms with Crippen LogP contribution in [0.4, 0.5) is 0 Å². The van der Waals surface area contributed by atoms with Crippen LogP contribution in [0.25, 0.3) is 0 Å². The number of hydrogen-bond donors (Lipinski definition) is 0. The zero-order valence-corrected chi connectivity index (χ0v) is 7.40. The van der Waals surface area contributed by atoms with E-state index in [1.54, 1.807) is 0 Å². The third-order valence-corrected chi connectivity index (χ3v) is 2.61. The number of fused-ring (bicyclic) bond motifs is 1. The molecule has 1 aromatic rings. The SMILES string of the molecule is O=C1CCc2c(CCl)cccc21.